The molecule has 1 aliphatic rings. The molecule has 1 saturated heterocycles. The highest BCUT2D eigenvalue weighted by Crippen LogP contribution is 2.27. The number of hydrogen-bond acceptors (Lipinski definition) is 2. The first-order valence-electron chi connectivity index (χ1n) is 9.12. The maximum atomic E-state index is 12.5. The molecule has 0 bridgehead atoms. The van der Waals surface area contributed by atoms with Crippen molar-refractivity contribution in [2.45, 2.75) is 46.1 Å². The van der Waals surface area contributed by atoms with E-state index in [9.17, 15) is 9.59 Å². The van der Waals surface area contributed by atoms with Gasteiger partial charge in [0.1, 0.15) is 0 Å². The van der Waals surface area contributed by atoms with Crippen LogP contribution in [0.15, 0.2) is 36.4 Å². The Balaban J connectivity index is 1.84. The Labute approximate surface area is 149 Å². The van der Waals surface area contributed by atoms with E-state index in [2.05, 4.69) is 4.57 Å². The van der Waals surface area contributed by atoms with Crippen LogP contribution in [0.1, 0.15) is 48.7 Å². The molecule has 0 N–H and O–H groups in total. The average Bonchev–Trinajstić information content (AvgIpc) is 2.98. The highest BCUT2D eigenvalue weighted by atomic mass is 16.2. The highest BCUT2D eigenvalue weighted by molar-refractivity contribution is 5.96. The fourth-order valence-corrected chi connectivity index (χ4v) is 3.65. The smallest absolute Gasteiger partial charge is 0.224 e. The number of carbonyl (C=O) groups is 2. The molecule has 3 rings (SSSR count). The molecule has 1 aromatic heterocycles. The van der Waals surface area contributed by atoms with Crippen molar-refractivity contribution in [1.82, 2.24) is 9.47 Å². The van der Waals surface area contributed by atoms with E-state index in [-0.39, 0.29) is 11.7 Å². The topological polar surface area (TPSA) is 42.3 Å². The predicted octanol–water partition coefficient (Wildman–Crippen LogP) is 4.07. The van der Waals surface area contributed by atoms with Crippen LogP contribution in [0.5, 0.6) is 0 Å². The van der Waals surface area contributed by atoms with Crippen LogP contribution >= 0.6 is 0 Å². The van der Waals surface area contributed by atoms with Gasteiger partial charge in [-0.2, -0.15) is 0 Å². The van der Waals surface area contributed by atoms with Gasteiger partial charge in [0.05, 0.1) is 0 Å². The monoisotopic (exact) mass is 338 g/mol. The Morgan fingerprint density at radius 2 is 1.72 bits per heavy atom. The maximum absolute atomic E-state index is 12.5. The second kappa shape index (κ2) is 7.68. The van der Waals surface area contributed by atoms with E-state index >= 15 is 0 Å². The van der Waals surface area contributed by atoms with Crippen molar-refractivity contribution >= 4 is 11.7 Å². The van der Waals surface area contributed by atoms with E-state index < -0.39 is 0 Å². The summed E-state index contributed by atoms with van der Waals surface area (Å²) in [6, 6.07) is 12.0. The highest BCUT2D eigenvalue weighted by Gasteiger charge is 2.19. The number of Topliss-reactive ketones (excluding diaryl/α,β-unsaturated/α-hetero) is 1. The predicted molar refractivity (Wildman–Crippen MR) is 99.7 cm³/mol. The number of likely N-dealkylation sites (tertiary alicyclic amines) is 1. The molecule has 2 aromatic rings. The number of hydrogen-bond donors (Lipinski definition) is 0. The van der Waals surface area contributed by atoms with Crippen molar-refractivity contribution in [1.29, 1.82) is 0 Å². The minimum atomic E-state index is 0.0655. The van der Waals surface area contributed by atoms with Gasteiger partial charge < -0.3 is 9.47 Å². The third-order valence-corrected chi connectivity index (χ3v) is 5.07. The molecule has 4 nitrogen and oxygen atoms in total. The maximum Gasteiger partial charge on any atom is 0.224 e. The molecule has 2 heterocycles. The average molecular weight is 338 g/mol. The van der Waals surface area contributed by atoms with Crippen LogP contribution in [-0.4, -0.2) is 34.2 Å². The molecule has 25 heavy (non-hydrogen) atoms. The van der Waals surface area contributed by atoms with Gasteiger partial charge in [0.25, 0.3) is 0 Å². The fraction of sp³-hybridized carbons (Fsp3) is 0.429. The lowest BCUT2D eigenvalue weighted by molar-refractivity contribution is -0.132. The van der Waals surface area contributed by atoms with Gasteiger partial charge in [-0.1, -0.05) is 30.3 Å². The SMILES string of the molecule is CC(=O)c1cc(-c2ccccc2)n(CCC(=O)N2CCCCC2)c1C. The lowest BCUT2D eigenvalue weighted by atomic mass is 10.1. The summed E-state index contributed by atoms with van der Waals surface area (Å²) in [6.07, 6.45) is 3.92. The minimum absolute atomic E-state index is 0.0655. The van der Waals surface area contributed by atoms with Crippen LogP contribution in [0, 0.1) is 6.92 Å². The Bertz CT molecular complexity index is 756. The summed E-state index contributed by atoms with van der Waals surface area (Å²) in [5.41, 5.74) is 3.76. The second-order valence-corrected chi connectivity index (χ2v) is 6.79. The Morgan fingerprint density at radius 1 is 1.04 bits per heavy atom. The normalized spacial score (nSPS) is 14.6. The first-order chi connectivity index (χ1) is 12.1. The molecular weight excluding hydrogens is 312 g/mol. The lowest BCUT2D eigenvalue weighted by Crippen LogP contribution is -2.36. The Morgan fingerprint density at radius 3 is 2.36 bits per heavy atom. The van der Waals surface area contributed by atoms with Gasteiger partial charge in [-0.3, -0.25) is 9.59 Å². The first kappa shape index (κ1) is 17.5. The van der Waals surface area contributed by atoms with Crippen LogP contribution in [0.3, 0.4) is 0 Å². The van der Waals surface area contributed by atoms with Crippen molar-refractivity contribution in [2.75, 3.05) is 13.1 Å². The Kier molecular flexibility index (Phi) is 5.37. The quantitative estimate of drug-likeness (QED) is 0.771. The first-order valence-corrected chi connectivity index (χ1v) is 9.12. The van der Waals surface area contributed by atoms with Crippen molar-refractivity contribution < 1.29 is 9.59 Å². The molecule has 0 radical (unpaired) electrons. The van der Waals surface area contributed by atoms with E-state index in [0.29, 0.717) is 13.0 Å². The molecule has 0 unspecified atom stereocenters. The summed E-state index contributed by atoms with van der Waals surface area (Å²) < 4.78 is 2.12. The van der Waals surface area contributed by atoms with Gasteiger partial charge in [0.15, 0.2) is 5.78 Å². The molecule has 132 valence electrons. The largest absolute Gasteiger partial charge is 0.344 e. The molecule has 1 fully saturated rings. The lowest BCUT2D eigenvalue weighted by Gasteiger charge is -2.27. The van der Waals surface area contributed by atoms with Crippen LogP contribution in [0.25, 0.3) is 11.3 Å². The molecule has 0 aliphatic carbocycles. The number of nitrogens with zero attached hydrogens (tertiary/aromatic N) is 2. The zero-order valence-corrected chi connectivity index (χ0v) is 15.1. The van der Waals surface area contributed by atoms with E-state index in [0.717, 1.165) is 48.4 Å². The zero-order chi connectivity index (χ0) is 17.8. The third-order valence-electron chi connectivity index (χ3n) is 5.07. The summed E-state index contributed by atoms with van der Waals surface area (Å²) in [5.74, 6) is 0.284. The summed E-state index contributed by atoms with van der Waals surface area (Å²) in [6.45, 7) is 5.94. The molecule has 0 saturated carbocycles. The molecule has 1 aliphatic heterocycles. The number of aromatic nitrogens is 1. The molecule has 1 aromatic carbocycles. The van der Waals surface area contributed by atoms with Gasteiger partial charge in [0, 0.05) is 43.0 Å². The van der Waals surface area contributed by atoms with E-state index in [1.807, 2.05) is 48.2 Å². The zero-order valence-electron chi connectivity index (χ0n) is 15.1. The minimum Gasteiger partial charge on any atom is -0.344 e. The van der Waals surface area contributed by atoms with E-state index in [1.165, 1.54) is 6.42 Å². The van der Waals surface area contributed by atoms with Crippen molar-refractivity contribution in [3.05, 3.63) is 47.7 Å². The van der Waals surface area contributed by atoms with Crippen molar-refractivity contribution in [3.8, 4) is 11.3 Å². The number of benzene rings is 1. The van der Waals surface area contributed by atoms with Gasteiger partial charge in [-0.25, -0.2) is 0 Å². The standard InChI is InChI=1S/C21H26N2O2/c1-16-19(17(2)24)15-20(18-9-5-3-6-10-18)23(16)14-11-21(25)22-12-7-4-8-13-22/h3,5-6,9-10,15H,4,7-8,11-14H2,1-2H3. The summed E-state index contributed by atoms with van der Waals surface area (Å²) >= 11 is 0. The number of rotatable bonds is 5. The van der Waals surface area contributed by atoms with Crippen LogP contribution in [0.2, 0.25) is 0 Å². The van der Waals surface area contributed by atoms with E-state index in [4.69, 9.17) is 0 Å². The molecular formula is C21H26N2O2. The fourth-order valence-electron chi connectivity index (χ4n) is 3.65. The van der Waals surface area contributed by atoms with Gasteiger partial charge in [-0.05, 0) is 44.7 Å². The number of carbonyl (C=O) groups excluding carboxylic acids is 2. The van der Waals surface area contributed by atoms with Gasteiger partial charge in [0.2, 0.25) is 5.91 Å². The van der Waals surface area contributed by atoms with Crippen LogP contribution in [-0.2, 0) is 11.3 Å². The molecule has 1 amide bonds. The second-order valence-electron chi connectivity index (χ2n) is 6.79. The van der Waals surface area contributed by atoms with Crippen LogP contribution in [0.4, 0.5) is 0 Å². The van der Waals surface area contributed by atoms with Crippen molar-refractivity contribution in [2.24, 2.45) is 0 Å². The summed E-state index contributed by atoms with van der Waals surface area (Å²) in [7, 11) is 0. The Hall–Kier alpha value is -2.36. The molecule has 0 spiro atoms. The molecule has 0 atom stereocenters. The summed E-state index contributed by atoms with van der Waals surface area (Å²) in [4.78, 5) is 26.5. The van der Waals surface area contributed by atoms with Crippen LogP contribution < -0.4 is 0 Å². The van der Waals surface area contributed by atoms with E-state index in [1.54, 1.807) is 6.92 Å². The number of ketones is 1. The van der Waals surface area contributed by atoms with Gasteiger partial charge in [-0.15, -0.1) is 0 Å². The number of amides is 1. The molecule has 4 heteroatoms. The number of piperidine rings is 1. The van der Waals surface area contributed by atoms with Crippen molar-refractivity contribution in [3.63, 3.8) is 0 Å². The summed E-state index contributed by atoms with van der Waals surface area (Å²) in [5, 5.41) is 0. The van der Waals surface area contributed by atoms with Gasteiger partial charge >= 0.3 is 0 Å². The third kappa shape index (κ3) is 3.84.